The van der Waals surface area contributed by atoms with Gasteiger partial charge in [0, 0.05) is 18.2 Å². The normalized spacial score (nSPS) is 18.2. The second-order valence-corrected chi connectivity index (χ2v) is 8.56. The maximum absolute atomic E-state index is 13.0. The van der Waals surface area contributed by atoms with E-state index in [4.69, 9.17) is 9.47 Å². The van der Waals surface area contributed by atoms with Crippen LogP contribution < -0.4 is 10.6 Å². The first-order valence-corrected chi connectivity index (χ1v) is 10.5. The number of carbonyl (C=O) groups is 3. The Morgan fingerprint density at radius 3 is 2.65 bits per heavy atom. The molecule has 3 atom stereocenters. The molecule has 0 aromatic heterocycles. The molecular weight excluding hydrogens is 396 g/mol. The lowest BCUT2D eigenvalue weighted by Gasteiger charge is -2.26. The third-order valence-corrected chi connectivity index (χ3v) is 4.77. The Kier molecular flexibility index (Phi) is 8.42. The standard InChI is InChI=1S/C24H32N2O5/c1-6-16(2)21(26-23(29)31-24(3,4)5)22(28)25-19-12-8-7-10-17(19)14-15-18-11-9-13-20(27)30-18/h7-10,12-16,18,21H,6,11H2,1-5H3,(H,25,28)(H,26,29)/b15-14+/t16-,18+,21-/m0/s1. The average Bonchev–Trinajstić information content (AvgIpc) is 2.69. The van der Waals surface area contributed by atoms with Crippen molar-refractivity contribution in [2.24, 2.45) is 5.92 Å². The van der Waals surface area contributed by atoms with E-state index in [1.807, 2.05) is 38.1 Å². The Morgan fingerprint density at radius 2 is 2.00 bits per heavy atom. The third kappa shape index (κ3) is 7.92. The van der Waals surface area contributed by atoms with Crippen LogP contribution in [0, 0.1) is 5.92 Å². The number of cyclic esters (lactones) is 1. The zero-order valence-corrected chi connectivity index (χ0v) is 18.8. The molecule has 0 saturated heterocycles. The van der Waals surface area contributed by atoms with Crippen molar-refractivity contribution in [2.45, 2.75) is 65.2 Å². The van der Waals surface area contributed by atoms with Gasteiger partial charge in [-0.05, 0) is 44.4 Å². The number of rotatable bonds is 7. The maximum Gasteiger partial charge on any atom is 0.408 e. The number of amides is 2. The van der Waals surface area contributed by atoms with Gasteiger partial charge in [0.25, 0.3) is 0 Å². The summed E-state index contributed by atoms with van der Waals surface area (Å²) in [5.74, 6) is -0.788. The van der Waals surface area contributed by atoms with Crippen LogP contribution in [0.25, 0.3) is 6.08 Å². The molecule has 0 aliphatic carbocycles. The van der Waals surface area contributed by atoms with Gasteiger partial charge in [-0.15, -0.1) is 0 Å². The number of carbonyl (C=O) groups excluding carboxylic acids is 3. The summed E-state index contributed by atoms with van der Waals surface area (Å²) in [6.07, 6.45) is 7.11. The van der Waals surface area contributed by atoms with Gasteiger partial charge in [-0.2, -0.15) is 0 Å². The topological polar surface area (TPSA) is 93.7 Å². The molecule has 1 heterocycles. The maximum atomic E-state index is 13.0. The minimum atomic E-state index is -0.749. The fourth-order valence-electron chi connectivity index (χ4n) is 2.97. The Bertz CT molecular complexity index is 854. The molecule has 1 aliphatic rings. The molecule has 0 bridgehead atoms. The minimum Gasteiger partial charge on any atom is -0.455 e. The number of nitrogens with one attached hydrogen (secondary N) is 2. The molecule has 168 valence electrons. The van der Waals surface area contributed by atoms with Gasteiger partial charge in [0.05, 0.1) is 0 Å². The van der Waals surface area contributed by atoms with Crippen molar-refractivity contribution in [3.05, 3.63) is 48.1 Å². The van der Waals surface area contributed by atoms with Crippen LogP contribution in [-0.2, 0) is 19.1 Å². The fraction of sp³-hybridized carbons (Fsp3) is 0.458. The van der Waals surface area contributed by atoms with Gasteiger partial charge in [-0.1, -0.05) is 50.6 Å². The van der Waals surface area contributed by atoms with Gasteiger partial charge < -0.3 is 20.1 Å². The first-order chi connectivity index (χ1) is 14.6. The molecule has 0 spiro atoms. The quantitative estimate of drug-likeness (QED) is 0.626. The predicted molar refractivity (Wildman–Crippen MR) is 120 cm³/mol. The molecule has 1 aliphatic heterocycles. The highest BCUT2D eigenvalue weighted by Crippen LogP contribution is 2.20. The Morgan fingerprint density at radius 1 is 1.29 bits per heavy atom. The van der Waals surface area contributed by atoms with E-state index in [1.165, 1.54) is 6.08 Å². The lowest BCUT2D eigenvalue weighted by Crippen LogP contribution is -2.49. The van der Waals surface area contributed by atoms with E-state index in [-0.39, 0.29) is 23.9 Å². The lowest BCUT2D eigenvalue weighted by atomic mass is 9.98. The third-order valence-electron chi connectivity index (χ3n) is 4.77. The van der Waals surface area contributed by atoms with Crippen molar-refractivity contribution in [3.8, 4) is 0 Å². The van der Waals surface area contributed by atoms with Gasteiger partial charge in [0.1, 0.15) is 17.7 Å². The number of esters is 1. The summed E-state index contributed by atoms with van der Waals surface area (Å²) in [6, 6.07) is 6.56. The molecule has 1 aromatic carbocycles. The smallest absolute Gasteiger partial charge is 0.408 e. The number of alkyl carbamates (subject to hydrolysis) is 1. The van der Waals surface area contributed by atoms with Crippen LogP contribution in [0.15, 0.2) is 42.5 Å². The molecule has 2 rings (SSSR count). The monoisotopic (exact) mass is 428 g/mol. The molecule has 7 nitrogen and oxygen atoms in total. The zero-order chi connectivity index (χ0) is 23.0. The molecule has 1 aromatic rings. The summed E-state index contributed by atoms with van der Waals surface area (Å²) in [5, 5.41) is 5.60. The predicted octanol–water partition coefficient (Wildman–Crippen LogP) is 4.45. The number of anilines is 1. The Balaban J connectivity index is 2.13. The van der Waals surface area contributed by atoms with Crippen LogP contribution in [0.3, 0.4) is 0 Å². The summed E-state index contributed by atoms with van der Waals surface area (Å²) in [7, 11) is 0. The highest BCUT2D eigenvalue weighted by molar-refractivity contribution is 5.98. The Hall–Kier alpha value is -3.09. The van der Waals surface area contributed by atoms with Crippen LogP contribution in [0.1, 0.15) is 53.0 Å². The molecule has 0 radical (unpaired) electrons. The van der Waals surface area contributed by atoms with E-state index < -0.39 is 17.7 Å². The molecule has 0 fully saturated rings. The molecule has 2 N–H and O–H groups in total. The van der Waals surface area contributed by atoms with E-state index >= 15 is 0 Å². The van der Waals surface area contributed by atoms with E-state index in [9.17, 15) is 14.4 Å². The average molecular weight is 429 g/mol. The van der Waals surface area contributed by atoms with Gasteiger partial charge >= 0.3 is 12.1 Å². The van der Waals surface area contributed by atoms with Crippen molar-refractivity contribution < 1.29 is 23.9 Å². The molecule has 7 heteroatoms. The van der Waals surface area contributed by atoms with E-state index in [2.05, 4.69) is 10.6 Å². The molecular formula is C24H32N2O5. The highest BCUT2D eigenvalue weighted by atomic mass is 16.6. The second-order valence-electron chi connectivity index (χ2n) is 8.56. The zero-order valence-electron chi connectivity index (χ0n) is 18.8. The number of ether oxygens (including phenoxy) is 2. The molecule has 2 amide bonds. The van der Waals surface area contributed by atoms with Gasteiger partial charge in [-0.25, -0.2) is 9.59 Å². The summed E-state index contributed by atoms with van der Waals surface area (Å²) < 4.78 is 10.5. The number of hydrogen-bond acceptors (Lipinski definition) is 5. The van der Waals surface area contributed by atoms with Crippen LogP contribution in [0.2, 0.25) is 0 Å². The number of para-hydroxylation sites is 1. The number of hydrogen-bond donors (Lipinski definition) is 2. The number of benzene rings is 1. The Labute approximate surface area is 183 Å². The van der Waals surface area contributed by atoms with Gasteiger partial charge in [0.2, 0.25) is 5.91 Å². The fourth-order valence-corrected chi connectivity index (χ4v) is 2.97. The van der Waals surface area contributed by atoms with Crippen LogP contribution in [-0.4, -0.2) is 35.7 Å². The summed E-state index contributed by atoms with van der Waals surface area (Å²) in [5.41, 5.74) is 0.706. The molecule has 0 saturated carbocycles. The van der Waals surface area contributed by atoms with Crippen molar-refractivity contribution in [2.75, 3.05) is 5.32 Å². The minimum absolute atomic E-state index is 0.0938. The second kappa shape index (κ2) is 10.8. The SMILES string of the molecule is CC[C@H](C)[C@H](NC(=O)OC(C)(C)C)C(=O)Nc1ccccc1/C=C/[C@H]1CC=CC(=O)O1. The largest absolute Gasteiger partial charge is 0.455 e. The van der Waals surface area contributed by atoms with Crippen molar-refractivity contribution in [1.82, 2.24) is 5.32 Å². The summed E-state index contributed by atoms with van der Waals surface area (Å²) >= 11 is 0. The summed E-state index contributed by atoms with van der Waals surface area (Å²) in [6.45, 7) is 9.17. The highest BCUT2D eigenvalue weighted by Gasteiger charge is 2.28. The van der Waals surface area contributed by atoms with E-state index in [1.54, 1.807) is 39.0 Å². The van der Waals surface area contributed by atoms with Crippen molar-refractivity contribution >= 4 is 29.7 Å². The summed E-state index contributed by atoms with van der Waals surface area (Å²) in [4.78, 5) is 36.7. The first-order valence-electron chi connectivity index (χ1n) is 10.5. The first kappa shape index (κ1) is 24.2. The van der Waals surface area contributed by atoms with Crippen molar-refractivity contribution in [1.29, 1.82) is 0 Å². The molecule has 0 unspecified atom stereocenters. The van der Waals surface area contributed by atoms with Crippen LogP contribution in [0.5, 0.6) is 0 Å². The van der Waals surface area contributed by atoms with E-state index in [0.29, 0.717) is 18.5 Å². The van der Waals surface area contributed by atoms with Gasteiger partial charge in [0.15, 0.2) is 0 Å². The van der Waals surface area contributed by atoms with Crippen molar-refractivity contribution in [3.63, 3.8) is 0 Å². The van der Waals surface area contributed by atoms with Crippen LogP contribution in [0.4, 0.5) is 10.5 Å². The molecule has 31 heavy (non-hydrogen) atoms. The lowest BCUT2D eigenvalue weighted by molar-refractivity contribution is -0.141. The van der Waals surface area contributed by atoms with Crippen LogP contribution >= 0.6 is 0 Å². The van der Waals surface area contributed by atoms with E-state index in [0.717, 1.165) is 5.56 Å². The van der Waals surface area contributed by atoms with Gasteiger partial charge in [-0.3, -0.25) is 4.79 Å².